The second-order valence-electron chi connectivity index (χ2n) is 6.97. The Morgan fingerprint density at radius 2 is 2.16 bits per heavy atom. The molecule has 0 radical (unpaired) electrons. The Hall–Kier alpha value is -1.99. The number of hydrogen-bond acceptors (Lipinski definition) is 6. The highest BCUT2D eigenvalue weighted by Gasteiger charge is 2.33. The molecule has 1 saturated heterocycles. The second kappa shape index (κ2) is 7.49. The molecule has 2 atom stereocenters. The molecule has 1 aliphatic heterocycles. The number of nitrogens with zero attached hydrogens (tertiary/aromatic N) is 4. The van der Waals surface area contributed by atoms with Gasteiger partial charge in [-0.1, -0.05) is 5.16 Å². The molecule has 0 aromatic carbocycles. The van der Waals surface area contributed by atoms with E-state index in [2.05, 4.69) is 19.9 Å². The molecule has 6 nitrogen and oxygen atoms in total. The molecule has 0 spiro atoms. The zero-order valence-corrected chi connectivity index (χ0v) is 14.9. The maximum absolute atomic E-state index is 14.0. The van der Waals surface area contributed by atoms with E-state index < -0.39 is 6.17 Å². The number of halogens is 1. The van der Waals surface area contributed by atoms with Crippen LogP contribution in [-0.4, -0.2) is 57.4 Å². The zero-order valence-electron chi connectivity index (χ0n) is 14.9. The fourth-order valence-electron chi connectivity index (χ4n) is 3.40. The highest BCUT2D eigenvalue weighted by molar-refractivity contribution is 5.27. The van der Waals surface area contributed by atoms with Crippen molar-refractivity contribution < 1.29 is 14.0 Å². The molecule has 0 amide bonds. The van der Waals surface area contributed by atoms with Crippen molar-refractivity contribution in [3.63, 3.8) is 0 Å². The van der Waals surface area contributed by atoms with Crippen LogP contribution in [0.15, 0.2) is 22.7 Å². The normalized spacial score (nSPS) is 21.3. The highest BCUT2D eigenvalue weighted by Crippen LogP contribution is 2.24. The van der Waals surface area contributed by atoms with Crippen LogP contribution >= 0.6 is 0 Å². The monoisotopic (exact) mass is 348 g/mol. The number of aromatic nitrogens is 2. The Labute approximate surface area is 147 Å². The summed E-state index contributed by atoms with van der Waals surface area (Å²) in [5, 5.41) is 13.9. The Kier molecular flexibility index (Phi) is 5.34. The van der Waals surface area contributed by atoms with Crippen LogP contribution in [0.5, 0.6) is 5.75 Å². The molecule has 1 fully saturated rings. The van der Waals surface area contributed by atoms with Crippen LogP contribution in [0.1, 0.15) is 29.3 Å². The summed E-state index contributed by atoms with van der Waals surface area (Å²) in [4.78, 5) is 8.56. The van der Waals surface area contributed by atoms with E-state index in [4.69, 9.17) is 4.52 Å². The van der Waals surface area contributed by atoms with Crippen molar-refractivity contribution in [2.24, 2.45) is 0 Å². The molecule has 3 rings (SSSR count). The van der Waals surface area contributed by atoms with Crippen molar-refractivity contribution in [2.75, 3.05) is 20.1 Å². The van der Waals surface area contributed by atoms with Gasteiger partial charge in [-0.15, -0.1) is 0 Å². The number of hydrogen-bond donors (Lipinski definition) is 1. The Bertz CT molecular complexity index is 721. The van der Waals surface area contributed by atoms with E-state index in [9.17, 15) is 9.50 Å². The van der Waals surface area contributed by atoms with Crippen molar-refractivity contribution >= 4 is 0 Å². The van der Waals surface area contributed by atoms with Crippen molar-refractivity contribution in [1.82, 2.24) is 19.9 Å². The first kappa shape index (κ1) is 17.8. The molecule has 0 bridgehead atoms. The molecular formula is C18H25FN4O2. The second-order valence-corrected chi connectivity index (χ2v) is 6.97. The van der Waals surface area contributed by atoms with Gasteiger partial charge in [0.2, 0.25) is 0 Å². The van der Waals surface area contributed by atoms with E-state index in [1.54, 1.807) is 12.1 Å². The van der Waals surface area contributed by atoms with E-state index in [1.165, 1.54) is 0 Å². The minimum atomic E-state index is -0.826. The summed E-state index contributed by atoms with van der Waals surface area (Å²) >= 11 is 0. The molecular weight excluding hydrogens is 323 g/mol. The number of aryl methyl sites for hydroxylation is 2. The number of likely N-dealkylation sites (N-methyl/N-ethyl adjacent to an activating group) is 1. The van der Waals surface area contributed by atoms with E-state index in [0.717, 1.165) is 17.1 Å². The maximum Gasteiger partial charge on any atom is 0.150 e. The van der Waals surface area contributed by atoms with Gasteiger partial charge in [0.25, 0.3) is 0 Å². The van der Waals surface area contributed by atoms with Gasteiger partial charge in [0.05, 0.1) is 17.9 Å². The fraction of sp³-hybridized carbons (Fsp3) is 0.556. The number of likely N-dealkylation sites (tertiary alicyclic amines) is 1. The van der Waals surface area contributed by atoms with Gasteiger partial charge in [-0.25, -0.2) is 4.39 Å². The van der Waals surface area contributed by atoms with Crippen LogP contribution in [0.3, 0.4) is 0 Å². The highest BCUT2D eigenvalue weighted by atomic mass is 19.1. The Morgan fingerprint density at radius 3 is 2.88 bits per heavy atom. The summed E-state index contributed by atoms with van der Waals surface area (Å²) in [7, 11) is 1.96. The molecule has 0 saturated carbocycles. The number of rotatable bonds is 6. The van der Waals surface area contributed by atoms with Crippen LogP contribution in [-0.2, 0) is 13.1 Å². The number of aromatic hydroxyl groups is 1. The summed E-state index contributed by atoms with van der Waals surface area (Å²) < 4.78 is 19.2. The van der Waals surface area contributed by atoms with Gasteiger partial charge < -0.3 is 9.63 Å². The Morgan fingerprint density at radius 1 is 1.36 bits per heavy atom. The Balaban J connectivity index is 1.62. The molecule has 7 heteroatoms. The third-order valence-electron chi connectivity index (χ3n) is 4.54. The molecule has 136 valence electrons. The maximum atomic E-state index is 14.0. The average Bonchev–Trinajstić information content (AvgIpc) is 3.09. The van der Waals surface area contributed by atoms with Gasteiger partial charge in [-0.3, -0.25) is 14.8 Å². The van der Waals surface area contributed by atoms with E-state index >= 15 is 0 Å². The minimum absolute atomic E-state index is 0.0948. The quantitative estimate of drug-likeness (QED) is 0.865. The lowest BCUT2D eigenvalue weighted by molar-refractivity contribution is 0.165. The summed E-state index contributed by atoms with van der Waals surface area (Å²) in [6.07, 6.45) is -0.321. The minimum Gasteiger partial charge on any atom is -0.506 e. The molecule has 3 heterocycles. The van der Waals surface area contributed by atoms with Crippen LogP contribution in [0.4, 0.5) is 4.39 Å². The largest absolute Gasteiger partial charge is 0.506 e. The molecule has 2 aromatic rings. The van der Waals surface area contributed by atoms with Gasteiger partial charge in [0, 0.05) is 37.4 Å². The predicted molar refractivity (Wildman–Crippen MR) is 91.9 cm³/mol. The number of pyridine rings is 1. The number of alkyl halides is 1. The average molecular weight is 348 g/mol. The third kappa shape index (κ3) is 4.55. The molecule has 0 unspecified atom stereocenters. The van der Waals surface area contributed by atoms with Gasteiger partial charge in [-0.05, 0) is 39.4 Å². The summed E-state index contributed by atoms with van der Waals surface area (Å²) in [6.45, 7) is 5.97. The lowest BCUT2D eigenvalue weighted by atomic mass is 10.2. The standard InChI is InChI=1S/C18H25FN4O2/c1-12-4-5-18(24)17(20-12)11-22(3)9-15-7-14(19)8-23(15)10-16-6-13(2)21-25-16/h4-6,14-15,24H,7-11H2,1-3H3/t14-,15-/m0/s1. The van der Waals surface area contributed by atoms with Crippen molar-refractivity contribution in [3.8, 4) is 5.75 Å². The third-order valence-corrected chi connectivity index (χ3v) is 4.54. The smallest absolute Gasteiger partial charge is 0.150 e. The molecule has 1 N–H and O–H groups in total. The zero-order chi connectivity index (χ0) is 18.0. The summed E-state index contributed by atoms with van der Waals surface area (Å²) in [6, 6.07) is 5.43. The van der Waals surface area contributed by atoms with E-state index in [0.29, 0.717) is 38.3 Å². The molecule has 0 aliphatic carbocycles. The molecule has 1 aliphatic rings. The first-order valence-corrected chi connectivity index (χ1v) is 8.55. The SMILES string of the molecule is Cc1cc(CN2C[C@@H](F)C[C@H]2CN(C)Cc2nc(C)ccc2O)on1. The first-order valence-electron chi connectivity index (χ1n) is 8.55. The van der Waals surface area contributed by atoms with E-state index in [1.807, 2.05) is 27.0 Å². The van der Waals surface area contributed by atoms with Crippen molar-refractivity contribution in [2.45, 2.75) is 45.6 Å². The topological polar surface area (TPSA) is 65.6 Å². The first-order chi connectivity index (χ1) is 11.9. The van der Waals surface area contributed by atoms with Crippen molar-refractivity contribution in [3.05, 3.63) is 41.0 Å². The van der Waals surface area contributed by atoms with Gasteiger partial charge in [0.15, 0.2) is 5.76 Å². The van der Waals surface area contributed by atoms with Gasteiger partial charge in [0.1, 0.15) is 11.9 Å². The van der Waals surface area contributed by atoms with Crippen LogP contribution in [0.25, 0.3) is 0 Å². The molecule has 2 aromatic heterocycles. The lowest BCUT2D eigenvalue weighted by Gasteiger charge is -2.27. The molecule has 25 heavy (non-hydrogen) atoms. The summed E-state index contributed by atoms with van der Waals surface area (Å²) in [5.74, 6) is 0.957. The van der Waals surface area contributed by atoms with E-state index in [-0.39, 0.29) is 11.8 Å². The van der Waals surface area contributed by atoms with Gasteiger partial charge in [-0.2, -0.15) is 0 Å². The lowest BCUT2D eigenvalue weighted by Crippen LogP contribution is -2.38. The van der Waals surface area contributed by atoms with Gasteiger partial charge >= 0.3 is 0 Å². The van der Waals surface area contributed by atoms with Crippen LogP contribution < -0.4 is 0 Å². The fourth-order valence-corrected chi connectivity index (χ4v) is 3.40. The summed E-state index contributed by atoms with van der Waals surface area (Å²) in [5.41, 5.74) is 2.35. The van der Waals surface area contributed by atoms with Crippen LogP contribution in [0, 0.1) is 13.8 Å². The van der Waals surface area contributed by atoms with Crippen molar-refractivity contribution in [1.29, 1.82) is 0 Å². The van der Waals surface area contributed by atoms with Crippen LogP contribution in [0.2, 0.25) is 0 Å². The predicted octanol–water partition coefficient (Wildman–Crippen LogP) is 2.44.